The highest BCUT2D eigenvalue weighted by Crippen LogP contribution is 2.45. The normalized spacial score (nSPS) is 22.1. The van der Waals surface area contributed by atoms with Crippen molar-refractivity contribution < 1.29 is 0 Å². The van der Waals surface area contributed by atoms with Crippen LogP contribution in [0.4, 0.5) is 5.13 Å². The van der Waals surface area contributed by atoms with E-state index in [1.54, 1.807) is 0 Å². The highest BCUT2D eigenvalue weighted by atomic mass is 32.1. The van der Waals surface area contributed by atoms with Crippen molar-refractivity contribution in [3.63, 3.8) is 0 Å². The van der Waals surface area contributed by atoms with Gasteiger partial charge in [0, 0.05) is 36.8 Å². The molecule has 1 saturated carbocycles. The van der Waals surface area contributed by atoms with E-state index >= 15 is 0 Å². The third-order valence-electron chi connectivity index (χ3n) is 5.23. The van der Waals surface area contributed by atoms with E-state index in [9.17, 15) is 0 Å². The number of nitrogens with zero attached hydrogens (tertiary/aromatic N) is 2. The van der Waals surface area contributed by atoms with Crippen LogP contribution in [-0.4, -0.2) is 24.1 Å². The van der Waals surface area contributed by atoms with Gasteiger partial charge in [0.05, 0.1) is 0 Å². The molecule has 1 aliphatic carbocycles. The number of aromatic nitrogens is 1. The van der Waals surface area contributed by atoms with Gasteiger partial charge in [0.1, 0.15) is 0 Å². The number of rotatable bonds is 4. The SMILES string of the molecule is CC(C)NCc1cnc(N2CCC3(CCCCC3)CC2)s1. The summed E-state index contributed by atoms with van der Waals surface area (Å²) < 4.78 is 0. The summed E-state index contributed by atoms with van der Waals surface area (Å²) in [4.78, 5) is 8.53. The zero-order valence-electron chi connectivity index (χ0n) is 13.5. The minimum absolute atomic E-state index is 0.539. The summed E-state index contributed by atoms with van der Waals surface area (Å²) in [5.41, 5.74) is 0.689. The Kier molecular flexibility index (Phi) is 4.85. The van der Waals surface area contributed by atoms with Crippen LogP contribution in [0.3, 0.4) is 0 Å². The molecule has 2 aliphatic rings. The minimum atomic E-state index is 0.539. The predicted molar refractivity (Wildman–Crippen MR) is 91.1 cm³/mol. The smallest absolute Gasteiger partial charge is 0.185 e. The second-order valence-corrected chi connectivity index (χ2v) is 8.29. The molecule has 0 unspecified atom stereocenters. The molecule has 1 aromatic heterocycles. The summed E-state index contributed by atoms with van der Waals surface area (Å²) >= 11 is 1.87. The Morgan fingerprint density at radius 1 is 1.19 bits per heavy atom. The van der Waals surface area contributed by atoms with Crippen molar-refractivity contribution in [3.8, 4) is 0 Å². The van der Waals surface area contributed by atoms with Crippen molar-refractivity contribution in [1.82, 2.24) is 10.3 Å². The predicted octanol–water partition coefficient (Wildman–Crippen LogP) is 4.19. The molecule has 1 N–H and O–H groups in total. The van der Waals surface area contributed by atoms with Crippen molar-refractivity contribution in [2.75, 3.05) is 18.0 Å². The summed E-state index contributed by atoms with van der Waals surface area (Å²) in [7, 11) is 0. The van der Waals surface area contributed by atoms with Crippen molar-refractivity contribution >= 4 is 16.5 Å². The fourth-order valence-corrected chi connectivity index (χ4v) is 4.72. The van der Waals surface area contributed by atoms with Crippen LogP contribution < -0.4 is 10.2 Å². The molecule has 4 heteroatoms. The quantitative estimate of drug-likeness (QED) is 0.904. The maximum Gasteiger partial charge on any atom is 0.185 e. The monoisotopic (exact) mass is 307 g/mol. The molecule has 0 radical (unpaired) electrons. The standard InChI is InChI=1S/C17H29N3S/c1-14(2)18-12-15-13-19-16(21-15)20-10-8-17(9-11-20)6-4-3-5-7-17/h13-14,18H,3-12H2,1-2H3. The highest BCUT2D eigenvalue weighted by molar-refractivity contribution is 7.15. The molecule has 0 aromatic carbocycles. The van der Waals surface area contributed by atoms with Crippen LogP contribution in [0, 0.1) is 5.41 Å². The van der Waals surface area contributed by atoms with Gasteiger partial charge in [-0.2, -0.15) is 0 Å². The molecule has 0 bridgehead atoms. The molecule has 1 aromatic rings. The van der Waals surface area contributed by atoms with E-state index in [2.05, 4.69) is 35.2 Å². The van der Waals surface area contributed by atoms with E-state index in [0.717, 1.165) is 6.54 Å². The van der Waals surface area contributed by atoms with Gasteiger partial charge in [0.25, 0.3) is 0 Å². The fraction of sp³-hybridized carbons (Fsp3) is 0.824. The Morgan fingerprint density at radius 2 is 1.90 bits per heavy atom. The molecule has 118 valence electrons. The molecule has 21 heavy (non-hydrogen) atoms. The lowest BCUT2D eigenvalue weighted by Crippen LogP contribution is -2.41. The average molecular weight is 308 g/mol. The Morgan fingerprint density at radius 3 is 2.57 bits per heavy atom. The Balaban J connectivity index is 1.54. The number of hydrogen-bond donors (Lipinski definition) is 1. The first-order valence-electron chi connectivity index (χ1n) is 8.60. The summed E-state index contributed by atoms with van der Waals surface area (Å²) in [5.74, 6) is 0. The zero-order chi connectivity index (χ0) is 14.7. The van der Waals surface area contributed by atoms with E-state index in [-0.39, 0.29) is 0 Å². The molecule has 3 nitrogen and oxygen atoms in total. The molecule has 3 rings (SSSR count). The van der Waals surface area contributed by atoms with Gasteiger partial charge in [0.2, 0.25) is 0 Å². The molecule has 2 fully saturated rings. The molecule has 1 aliphatic heterocycles. The van der Waals surface area contributed by atoms with Gasteiger partial charge in [0.15, 0.2) is 5.13 Å². The average Bonchev–Trinajstić information content (AvgIpc) is 2.96. The van der Waals surface area contributed by atoms with Crippen LogP contribution in [0.2, 0.25) is 0 Å². The number of piperidine rings is 1. The minimum Gasteiger partial charge on any atom is -0.348 e. The topological polar surface area (TPSA) is 28.2 Å². The Bertz CT molecular complexity index is 439. The van der Waals surface area contributed by atoms with Crippen LogP contribution in [0.5, 0.6) is 0 Å². The molecular formula is C17H29N3S. The number of nitrogens with one attached hydrogen (secondary N) is 1. The van der Waals surface area contributed by atoms with Crippen LogP contribution in [0.1, 0.15) is 63.7 Å². The third-order valence-corrected chi connectivity index (χ3v) is 6.29. The van der Waals surface area contributed by atoms with Gasteiger partial charge in [-0.1, -0.05) is 33.1 Å². The number of anilines is 1. The van der Waals surface area contributed by atoms with E-state index in [4.69, 9.17) is 0 Å². The zero-order valence-corrected chi connectivity index (χ0v) is 14.3. The first kappa shape index (κ1) is 15.3. The molecule has 0 atom stereocenters. The van der Waals surface area contributed by atoms with Gasteiger partial charge in [-0.05, 0) is 31.1 Å². The van der Waals surface area contributed by atoms with Gasteiger partial charge < -0.3 is 10.2 Å². The first-order valence-corrected chi connectivity index (χ1v) is 9.42. The first-order chi connectivity index (χ1) is 10.2. The van der Waals surface area contributed by atoms with Crippen molar-refractivity contribution in [1.29, 1.82) is 0 Å². The van der Waals surface area contributed by atoms with Gasteiger partial charge in [-0.25, -0.2) is 4.98 Å². The largest absolute Gasteiger partial charge is 0.348 e. The molecule has 1 saturated heterocycles. The summed E-state index contributed by atoms with van der Waals surface area (Å²) in [6.45, 7) is 7.76. The lowest BCUT2D eigenvalue weighted by molar-refractivity contribution is 0.144. The maximum absolute atomic E-state index is 4.66. The summed E-state index contributed by atoms with van der Waals surface area (Å²) in [5, 5.41) is 4.71. The molecule has 0 amide bonds. The Labute approximate surface area is 133 Å². The Hall–Kier alpha value is -0.610. The molecular weight excluding hydrogens is 278 g/mol. The van der Waals surface area contributed by atoms with Crippen molar-refractivity contribution in [2.45, 2.75) is 71.4 Å². The number of hydrogen-bond acceptors (Lipinski definition) is 4. The second-order valence-electron chi connectivity index (χ2n) is 7.19. The summed E-state index contributed by atoms with van der Waals surface area (Å²) in [6, 6.07) is 0.539. The lowest BCUT2D eigenvalue weighted by Gasteiger charge is -2.44. The van der Waals surface area contributed by atoms with E-state index < -0.39 is 0 Å². The third kappa shape index (κ3) is 3.78. The number of thiazole rings is 1. The molecule has 1 spiro atoms. The van der Waals surface area contributed by atoms with Crippen molar-refractivity contribution in [2.24, 2.45) is 5.41 Å². The van der Waals surface area contributed by atoms with E-state index in [0.29, 0.717) is 11.5 Å². The van der Waals surface area contributed by atoms with Gasteiger partial charge >= 0.3 is 0 Å². The van der Waals surface area contributed by atoms with Crippen LogP contribution in [-0.2, 0) is 6.54 Å². The highest BCUT2D eigenvalue weighted by Gasteiger charge is 2.35. The van der Waals surface area contributed by atoms with Gasteiger partial charge in [-0.3, -0.25) is 0 Å². The maximum atomic E-state index is 4.66. The molecule has 2 heterocycles. The van der Waals surface area contributed by atoms with E-state index in [1.807, 2.05) is 11.3 Å². The van der Waals surface area contributed by atoms with Crippen LogP contribution in [0.25, 0.3) is 0 Å². The van der Waals surface area contributed by atoms with E-state index in [1.165, 1.54) is 68.0 Å². The fourth-order valence-electron chi connectivity index (χ4n) is 3.80. The van der Waals surface area contributed by atoms with Crippen LogP contribution >= 0.6 is 11.3 Å². The van der Waals surface area contributed by atoms with Crippen molar-refractivity contribution in [3.05, 3.63) is 11.1 Å². The summed E-state index contributed by atoms with van der Waals surface area (Å²) in [6.07, 6.45) is 12.2. The van der Waals surface area contributed by atoms with Gasteiger partial charge in [-0.15, -0.1) is 11.3 Å². The van der Waals surface area contributed by atoms with Crippen LogP contribution in [0.15, 0.2) is 6.20 Å². The lowest BCUT2D eigenvalue weighted by atomic mass is 9.68. The second kappa shape index (κ2) is 6.66.